The molecule has 94 valence electrons. The van der Waals surface area contributed by atoms with E-state index in [0.29, 0.717) is 17.1 Å². The molecule has 0 aliphatic carbocycles. The fraction of sp³-hybridized carbons (Fsp3) is 0.417. The van der Waals surface area contributed by atoms with Crippen molar-refractivity contribution in [2.75, 3.05) is 11.9 Å². The average Bonchev–Trinajstić information content (AvgIpc) is 2.20. The minimum absolute atomic E-state index is 0.0359. The molecular formula is C12H17ClN2O2. The van der Waals surface area contributed by atoms with Gasteiger partial charge in [-0.1, -0.05) is 11.6 Å². The maximum atomic E-state index is 11.7. The van der Waals surface area contributed by atoms with E-state index in [1.54, 1.807) is 24.3 Å². The topological polar surface area (TPSA) is 61.4 Å². The monoisotopic (exact) mass is 256 g/mol. The van der Waals surface area contributed by atoms with Crippen LogP contribution in [0.25, 0.3) is 0 Å². The van der Waals surface area contributed by atoms with Crippen LogP contribution in [-0.2, 0) is 0 Å². The van der Waals surface area contributed by atoms with Gasteiger partial charge in [-0.3, -0.25) is 0 Å². The fourth-order valence-corrected chi connectivity index (χ4v) is 1.47. The van der Waals surface area contributed by atoms with E-state index in [1.165, 1.54) is 0 Å². The van der Waals surface area contributed by atoms with Gasteiger partial charge in [-0.25, -0.2) is 4.79 Å². The Kier molecular flexibility index (Phi) is 4.78. The second-order valence-electron chi connectivity index (χ2n) is 4.44. The van der Waals surface area contributed by atoms with Crippen LogP contribution in [0, 0.1) is 0 Å². The molecule has 4 nitrogen and oxygen atoms in total. The molecule has 1 aromatic rings. The van der Waals surface area contributed by atoms with Crippen molar-refractivity contribution in [3.05, 3.63) is 29.3 Å². The first kappa shape index (κ1) is 13.8. The molecule has 0 unspecified atom stereocenters. The Hall–Kier alpha value is -1.26. The largest absolute Gasteiger partial charge is 0.396 e. The van der Waals surface area contributed by atoms with E-state index in [9.17, 15) is 4.79 Å². The summed E-state index contributed by atoms with van der Waals surface area (Å²) in [7, 11) is 0. The van der Waals surface area contributed by atoms with Gasteiger partial charge in [0.15, 0.2) is 0 Å². The normalized spacial score (nSPS) is 11.1. The van der Waals surface area contributed by atoms with Crippen LogP contribution in [0.5, 0.6) is 0 Å². The van der Waals surface area contributed by atoms with Crippen LogP contribution >= 0.6 is 11.6 Å². The predicted molar refractivity (Wildman–Crippen MR) is 69.4 cm³/mol. The molecule has 5 heteroatoms. The maximum Gasteiger partial charge on any atom is 0.319 e. The number of benzene rings is 1. The Morgan fingerprint density at radius 2 is 1.94 bits per heavy atom. The van der Waals surface area contributed by atoms with Crippen LogP contribution in [0.3, 0.4) is 0 Å². The van der Waals surface area contributed by atoms with Gasteiger partial charge in [0.25, 0.3) is 0 Å². The number of rotatable bonds is 4. The van der Waals surface area contributed by atoms with E-state index in [0.717, 1.165) is 0 Å². The molecule has 0 radical (unpaired) electrons. The number of carbonyl (C=O) groups excluding carboxylic acids is 1. The van der Waals surface area contributed by atoms with E-state index < -0.39 is 5.54 Å². The Morgan fingerprint density at radius 1 is 1.35 bits per heavy atom. The summed E-state index contributed by atoms with van der Waals surface area (Å²) >= 11 is 5.74. The van der Waals surface area contributed by atoms with E-state index in [4.69, 9.17) is 16.7 Å². The number of halogens is 1. The zero-order valence-electron chi connectivity index (χ0n) is 9.96. The molecule has 0 aliphatic rings. The SMILES string of the molecule is CC(C)(CCO)NC(=O)Nc1ccc(Cl)cc1. The summed E-state index contributed by atoms with van der Waals surface area (Å²) in [6.07, 6.45) is 0.501. The zero-order chi connectivity index (χ0) is 12.9. The average molecular weight is 257 g/mol. The molecule has 0 bridgehead atoms. The quantitative estimate of drug-likeness (QED) is 0.776. The van der Waals surface area contributed by atoms with E-state index >= 15 is 0 Å². The maximum absolute atomic E-state index is 11.7. The van der Waals surface area contributed by atoms with Crippen LogP contribution in [-0.4, -0.2) is 23.3 Å². The van der Waals surface area contributed by atoms with Gasteiger partial charge in [0.05, 0.1) is 0 Å². The van der Waals surface area contributed by atoms with Crippen molar-refractivity contribution in [2.24, 2.45) is 0 Å². The summed E-state index contributed by atoms with van der Waals surface area (Å²) in [6.45, 7) is 3.74. The van der Waals surface area contributed by atoms with Crippen molar-refractivity contribution in [1.29, 1.82) is 0 Å². The molecule has 0 aromatic heterocycles. The van der Waals surface area contributed by atoms with Gasteiger partial charge in [-0.05, 0) is 44.5 Å². The lowest BCUT2D eigenvalue weighted by atomic mass is 10.0. The van der Waals surface area contributed by atoms with Crippen molar-refractivity contribution in [3.8, 4) is 0 Å². The number of urea groups is 1. The Morgan fingerprint density at radius 3 is 2.47 bits per heavy atom. The van der Waals surface area contributed by atoms with E-state index in [-0.39, 0.29) is 12.6 Å². The molecule has 2 amide bonds. The first-order valence-corrected chi connectivity index (χ1v) is 5.76. The highest BCUT2D eigenvalue weighted by atomic mass is 35.5. The van der Waals surface area contributed by atoms with Crippen molar-refractivity contribution >= 4 is 23.3 Å². The number of hydrogen-bond donors (Lipinski definition) is 3. The highest BCUT2D eigenvalue weighted by molar-refractivity contribution is 6.30. The minimum atomic E-state index is -0.439. The summed E-state index contributed by atoms with van der Waals surface area (Å²) in [5, 5.41) is 14.9. The Bertz CT molecular complexity index is 377. The van der Waals surface area contributed by atoms with Crippen molar-refractivity contribution in [2.45, 2.75) is 25.8 Å². The summed E-state index contributed by atoms with van der Waals surface area (Å²) in [4.78, 5) is 11.7. The molecule has 0 aliphatic heterocycles. The Balaban J connectivity index is 2.52. The molecule has 0 spiro atoms. The predicted octanol–water partition coefficient (Wildman–Crippen LogP) is 2.62. The lowest BCUT2D eigenvalue weighted by molar-refractivity contribution is 0.218. The van der Waals surface area contributed by atoms with Crippen molar-refractivity contribution < 1.29 is 9.90 Å². The Labute approximate surface area is 106 Å². The van der Waals surface area contributed by atoms with Gasteiger partial charge in [-0.2, -0.15) is 0 Å². The first-order chi connectivity index (χ1) is 7.93. The number of aliphatic hydroxyl groups excluding tert-OH is 1. The number of anilines is 1. The third-order valence-electron chi connectivity index (χ3n) is 2.29. The molecule has 0 fully saturated rings. The van der Waals surface area contributed by atoms with Crippen LogP contribution in [0.2, 0.25) is 5.02 Å². The van der Waals surface area contributed by atoms with Gasteiger partial charge in [0.1, 0.15) is 0 Å². The second-order valence-corrected chi connectivity index (χ2v) is 4.88. The van der Waals surface area contributed by atoms with Crippen LogP contribution in [0.4, 0.5) is 10.5 Å². The lowest BCUT2D eigenvalue weighted by Crippen LogP contribution is -2.46. The van der Waals surface area contributed by atoms with Gasteiger partial charge in [-0.15, -0.1) is 0 Å². The van der Waals surface area contributed by atoms with Gasteiger partial charge in [0.2, 0.25) is 0 Å². The third kappa shape index (κ3) is 5.06. The highest BCUT2D eigenvalue weighted by Crippen LogP contribution is 2.14. The number of nitrogens with one attached hydrogen (secondary N) is 2. The van der Waals surface area contributed by atoms with Crippen molar-refractivity contribution in [3.63, 3.8) is 0 Å². The number of carbonyl (C=O) groups is 1. The van der Waals surface area contributed by atoms with E-state index in [2.05, 4.69) is 10.6 Å². The smallest absolute Gasteiger partial charge is 0.319 e. The van der Waals surface area contributed by atoms with Crippen LogP contribution in [0.15, 0.2) is 24.3 Å². The fourth-order valence-electron chi connectivity index (χ4n) is 1.34. The molecule has 0 saturated heterocycles. The third-order valence-corrected chi connectivity index (χ3v) is 2.54. The highest BCUT2D eigenvalue weighted by Gasteiger charge is 2.19. The molecule has 0 saturated carbocycles. The molecule has 0 atom stereocenters. The molecule has 3 N–H and O–H groups in total. The molecule has 17 heavy (non-hydrogen) atoms. The standard InChI is InChI=1S/C12H17ClN2O2/c1-12(2,7-8-16)15-11(17)14-10-5-3-9(13)4-6-10/h3-6,16H,7-8H2,1-2H3,(H2,14,15,17). The molecule has 1 aromatic carbocycles. The molecule has 1 rings (SSSR count). The number of hydrogen-bond acceptors (Lipinski definition) is 2. The van der Waals surface area contributed by atoms with Gasteiger partial charge < -0.3 is 15.7 Å². The molecule has 0 heterocycles. The van der Waals surface area contributed by atoms with Crippen LogP contribution in [0.1, 0.15) is 20.3 Å². The second kappa shape index (κ2) is 5.89. The summed E-state index contributed by atoms with van der Waals surface area (Å²) in [5.41, 5.74) is 0.234. The van der Waals surface area contributed by atoms with Crippen molar-refractivity contribution in [1.82, 2.24) is 5.32 Å². The van der Waals surface area contributed by atoms with Crippen LogP contribution < -0.4 is 10.6 Å². The summed E-state index contributed by atoms with van der Waals surface area (Å²) in [5.74, 6) is 0. The van der Waals surface area contributed by atoms with E-state index in [1.807, 2.05) is 13.8 Å². The lowest BCUT2D eigenvalue weighted by Gasteiger charge is -2.25. The number of amides is 2. The first-order valence-electron chi connectivity index (χ1n) is 5.38. The molecular weight excluding hydrogens is 240 g/mol. The van der Waals surface area contributed by atoms with Gasteiger partial charge >= 0.3 is 6.03 Å². The number of aliphatic hydroxyl groups is 1. The minimum Gasteiger partial charge on any atom is -0.396 e. The summed E-state index contributed by atoms with van der Waals surface area (Å²) in [6, 6.07) is 6.55. The summed E-state index contributed by atoms with van der Waals surface area (Å²) < 4.78 is 0. The zero-order valence-corrected chi connectivity index (χ0v) is 10.7. The van der Waals surface area contributed by atoms with Gasteiger partial charge in [0, 0.05) is 22.9 Å².